The van der Waals surface area contributed by atoms with E-state index in [-0.39, 0.29) is 36.0 Å². The number of aliphatic imine (C=N–C) groups is 1. The van der Waals surface area contributed by atoms with Crippen LogP contribution in [0.15, 0.2) is 39.9 Å². The monoisotopic (exact) mass is 412 g/mol. The van der Waals surface area contributed by atoms with Crippen LogP contribution >= 0.6 is 15.9 Å². The van der Waals surface area contributed by atoms with E-state index in [4.69, 9.17) is 10.5 Å². The van der Waals surface area contributed by atoms with Crippen LogP contribution in [0, 0.1) is 11.6 Å². The van der Waals surface area contributed by atoms with Crippen molar-refractivity contribution in [2.24, 2.45) is 10.7 Å². The molecule has 0 saturated heterocycles. The highest BCUT2D eigenvalue weighted by Gasteiger charge is 2.14. The first-order valence-corrected chi connectivity index (χ1v) is 7.96. The van der Waals surface area contributed by atoms with Gasteiger partial charge >= 0.3 is 0 Å². The van der Waals surface area contributed by atoms with Gasteiger partial charge in [0.1, 0.15) is 5.69 Å². The number of benzene rings is 1. The lowest BCUT2D eigenvalue weighted by Crippen LogP contribution is -2.18. The molecule has 9 heteroatoms. The minimum absolute atomic E-state index is 0.0190. The smallest absolute Gasteiger partial charge is 0.281 e. The number of carbonyl (C=O) groups is 1. The molecule has 0 saturated carbocycles. The Hall–Kier alpha value is -2.55. The second-order valence-electron chi connectivity index (χ2n) is 4.91. The maximum Gasteiger partial charge on any atom is 0.281 e. The third-order valence-electron chi connectivity index (χ3n) is 3.16. The highest BCUT2D eigenvalue weighted by atomic mass is 79.9. The fraction of sp³-hybridized carbons (Fsp3) is 0.188. The summed E-state index contributed by atoms with van der Waals surface area (Å²) in [7, 11) is 1.45. The minimum atomic E-state index is -1.08. The Bertz CT molecular complexity index is 797. The number of nitrogens with one attached hydrogen (secondary N) is 1. The summed E-state index contributed by atoms with van der Waals surface area (Å²) in [4.78, 5) is 19.6. The molecular weight excluding hydrogens is 398 g/mol. The van der Waals surface area contributed by atoms with E-state index in [1.807, 2.05) is 0 Å². The number of halogens is 3. The van der Waals surface area contributed by atoms with Crippen molar-refractivity contribution in [1.29, 1.82) is 0 Å². The van der Waals surface area contributed by atoms with E-state index in [0.29, 0.717) is 4.47 Å². The van der Waals surface area contributed by atoms with Crippen molar-refractivity contribution in [3.63, 3.8) is 0 Å². The average molecular weight is 413 g/mol. The first-order valence-electron chi connectivity index (χ1n) is 7.16. The molecule has 0 aliphatic heterocycles. The van der Waals surface area contributed by atoms with Gasteiger partial charge in [-0.25, -0.2) is 18.8 Å². The molecule has 2 aromatic rings. The molecular formula is C16H15BrF2N4O2. The van der Waals surface area contributed by atoms with E-state index in [2.05, 4.69) is 31.2 Å². The molecule has 6 nitrogen and oxygen atoms in total. The Morgan fingerprint density at radius 2 is 2.16 bits per heavy atom. The van der Waals surface area contributed by atoms with Crippen LogP contribution in [0.1, 0.15) is 16.1 Å². The van der Waals surface area contributed by atoms with Crippen molar-refractivity contribution in [3.05, 3.63) is 57.8 Å². The zero-order valence-corrected chi connectivity index (χ0v) is 14.8. The number of hydrogen-bond donors (Lipinski definition) is 2. The molecule has 0 spiro atoms. The maximum absolute atomic E-state index is 13.9. The van der Waals surface area contributed by atoms with Crippen molar-refractivity contribution in [1.82, 2.24) is 4.98 Å². The Morgan fingerprint density at radius 1 is 1.40 bits per heavy atom. The topological polar surface area (TPSA) is 89.6 Å². The highest BCUT2D eigenvalue weighted by Crippen LogP contribution is 2.20. The second kappa shape index (κ2) is 8.52. The van der Waals surface area contributed by atoms with E-state index in [0.717, 1.165) is 6.07 Å². The van der Waals surface area contributed by atoms with Crippen LogP contribution in [0.4, 0.5) is 14.5 Å². The minimum Gasteiger partial charge on any atom is -0.465 e. The summed E-state index contributed by atoms with van der Waals surface area (Å²) < 4.78 is 33.4. The quantitative estimate of drug-likeness (QED) is 0.583. The Balaban J connectivity index is 2.12. The number of aromatic nitrogens is 1. The van der Waals surface area contributed by atoms with Gasteiger partial charge < -0.3 is 15.8 Å². The lowest BCUT2D eigenvalue weighted by atomic mass is 10.1. The zero-order chi connectivity index (χ0) is 18.4. The van der Waals surface area contributed by atoms with Crippen LogP contribution in [-0.2, 0) is 11.2 Å². The maximum atomic E-state index is 13.9. The molecule has 1 heterocycles. The molecule has 0 unspecified atom stereocenters. The molecule has 3 N–H and O–H groups in total. The number of nitrogens with two attached hydrogens (primary N) is 1. The summed E-state index contributed by atoms with van der Waals surface area (Å²) in [5.41, 5.74) is 5.67. The van der Waals surface area contributed by atoms with E-state index < -0.39 is 17.5 Å². The van der Waals surface area contributed by atoms with Gasteiger partial charge in [-0.3, -0.25) is 4.79 Å². The number of hydrogen-bond acceptors (Lipinski definition) is 4. The third kappa shape index (κ3) is 5.21. The average Bonchev–Trinajstić information content (AvgIpc) is 2.59. The van der Waals surface area contributed by atoms with Gasteiger partial charge in [-0.15, -0.1) is 0 Å². The molecule has 1 aromatic carbocycles. The molecule has 0 atom stereocenters. The molecule has 0 aliphatic rings. The van der Waals surface area contributed by atoms with Gasteiger partial charge in [-0.05, 0) is 39.7 Å². The van der Waals surface area contributed by atoms with Crippen LogP contribution < -0.4 is 11.1 Å². The molecule has 1 amide bonds. The summed E-state index contributed by atoms with van der Waals surface area (Å²) in [5.74, 6) is -2.62. The number of anilines is 1. The van der Waals surface area contributed by atoms with Gasteiger partial charge in [-0.1, -0.05) is 0 Å². The van der Waals surface area contributed by atoms with Gasteiger partial charge in [0.2, 0.25) is 0 Å². The third-order valence-corrected chi connectivity index (χ3v) is 3.63. The summed E-state index contributed by atoms with van der Waals surface area (Å²) in [5, 5.41) is 2.48. The van der Waals surface area contributed by atoms with E-state index >= 15 is 0 Å². The molecule has 0 aliphatic carbocycles. The number of carbonyl (C=O) groups excluding carboxylic acids is 1. The van der Waals surface area contributed by atoms with Crippen LogP contribution in [0.5, 0.6) is 0 Å². The van der Waals surface area contributed by atoms with Crippen molar-refractivity contribution >= 4 is 33.5 Å². The van der Waals surface area contributed by atoms with Crippen molar-refractivity contribution in [3.8, 4) is 0 Å². The van der Waals surface area contributed by atoms with Gasteiger partial charge in [0.05, 0.1) is 6.61 Å². The summed E-state index contributed by atoms with van der Waals surface area (Å²) in [6.07, 6.45) is 1.52. The van der Waals surface area contributed by atoms with E-state index in [1.165, 1.54) is 25.4 Å². The number of amidine groups is 1. The van der Waals surface area contributed by atoms with Gasteiger partial charge in [0.25, 0.3) is 11.9 Å². The lowest BCUT2D eigenvalue weighted by molar-refractivity contribution is 0.102. The van der Waals surface area contributed by atoms with Crippen LogP contribution in [0.3, 0.4) is 0 Å². The number of nitrogens with zero attached hydrogens (tertiary/aromatic N) is 2. The highest BCUT2D eigenvalue weighted by molar-refractivity contribution is 9.10. The lowest BCUT2D eigenvalue weighted by Gasteiger charge is -2.10. The van der Waals surface area contributed by atoms with Crippen molar-refractivity contribution < 1.29 is 18.3 Å². The number of ether oxygens (including phenoxy) is 1. The summed E-state index contributed by atoms with van der Waals surface area (Å²) in [6.45, 7) is 0.0190. The predicted octanol–water partition coefficient (Wildman–Crippen LogP) is 2.88. The molecule has 0 radical (unpaired) electrons. The fourth-order valence-corrected chi connectivity index (χ4v) is 2.17. The van der Waals surface area contributed by atoms with E-state index in [1.54, 1.807) is 6.07 Å². The summed E-state index contributed by atoms with van der Waals surface area (Å²) >= 11 is 3.21. The fourth-order valence-electron chi connectivity index (χ4n) is 1.94. The number of rotatable bonds is 5. The van der Waals surface area contributed by atoms with Crippen molar-refractivity contribution in [2.75, 3.05) is 19.0 Å². The van der Waals surface area contributed by atoms with Gasteiger partial charge in [0, 0.05) is 35.9 Å². The number of amides is 1. The predicted molar refractivity (Wildman–Crippen MR) is 93.5 cm³/mol. The Morgan fingerprint density at radius 3 is 2.80 bits per heavy atom. The van der Waals surface area contributed by atoms with Crippen LogP contribution in [-0.4, -0.2) is 30.6 Å². The SMILES string of the molecule is CN=C(N)OCCc1cc(NC(=O)c2ccc(Br)cn2)cc(F)c1F. The van der Waals surface area contributed by atoms with E-state index in [9.17, 15) is 13.6 Å². The largest absolute Gasteiger partial charge is 0.465 e. The van der Waals surface area contributed by atoms with Gasteiger partial charge in [-0.2, -0.15) is 0 Å². The first-order chi connectivity index (χ1) is 11.9. The normalized spacial score (nSPS) is 11.3. The van der Waals surface area contributed by atoms with Gasteiger partial charge in [0.15, 0.2) is 11.6 Å². The van der Waals surface area contributed by atoms with Crippen LogP contribution in [0.25, 0.3) is 0 Å². The molecule has 132 valence electrons. The summed E-state index contributed by atoms with van der Waals surface area (Å²) in [6, 6.07) is 5.33. The molecule has 25 heavy (non-hydrogen) atoms. The van der Waals surface area contributed by atoms with Crippen molar-refractivity contribution in [2.45, 2.75) is 6.42 Å². The first kappa shape index (κ1) is 18.8. The Labute approximate surface area is 151 Å². The molecule has 0 fully saturated rings. The molecule has 2 rings (SSSR count). The standard InChI is InChI=1S/C16H15BrF2N4O2/c1-21-16(20)25-5-4-9-6-11(7-12(18)14(9)19)23-15(24)13-3-2-10(17)8-22-13/h2-3,6-8H,4-5H2,1H3,(H2,20,21)(H,23,24). The zero-order valence-electron chi connectivity index (χ0n) is 13.2. The molecule has 1 aromatic heterocycles. The molecule has 0 bridgehead atoms. The number of pyridine rings is 1. The second-order valence-corrected chi connectivity index (χ2v) is 5.82. The van der Waals surface area contributed by atoms with Crippen LogP contribution in [0.2, 0.25) is 0 Å². The Kier molecular flexibility index (Phi) is 6.40.